The molecule has 0 aromatic heterocycles. The van der Waals surface area contributed by atoms with E-state index in [0.717, 1.165) is 23.4 Å². The van der Waals surface area contributed by atoms with E-state index >= 15 is 0 Å². The second-order valence-corrected chi connectivity index (χ2v) is 4.02. The van der Waals surface area contributed by atoms with Crippen molar-refractivity contribution in [2.24, 2.45) is 5.73 Å². The van der Waals surface area contributed by atoms with Crippen LogP contribution in [0.25, 0.3) is 0 Å². The van der Waals surface area contributed by atoms with Crippen molar-refractivity contribution in [3.63, 3.8) is 0 Å². The fraction of sp³-hybridized carbons (Fsp3) is 0.500. The van der Waals surface area contributed by atoms with E-state index in [-0.39, 0.29) is 6.10 Å². The van der Waals surface area contributed by atoms with Crippen LogP contribution in [0.15, 0.2) is 24.3 Å². The average molecular weight is 228 g/mol. The fourth-order valence-corrected chi connectivity index (χ4v) is 1.51. The summed E-state index contributed by atoms with van der Waals surface area (Å²) in [4.78, 5) is 0. The third-order valence-corrected chi connectivity index (χ3v) is 2.52. The lowest BCUT2D eigenvalue weighted by Gasteiger charge is -2.14. The summed E-state index contributed by atoms with van der Waals surface area (Å²) >= 11 is 5.79. The monoisotopic (exact) mass is 227 g/mol. The van der Waals surface area contributed by atoms with Crippen molar-refractivity contribution in [1.82, 2.24) is 0 Å². The predicted octanol–water partition coefficient (Wildman–Crippen LogP) is 2.98. The zero-order valence-corrected chi connectivity index (χ0v) is 9.83. The molecule has 0 aliphatic carbocycles. The van der Waals surface area contributed by atoms with E-state index < -0.39 is 0 Å². The van der Waals surface area contributed by atoms with Crippen molar-refractivity contribution < 1.29 is 4.74 Å². The molecule has 1 aromatic carbocycles. The summed E-state index contributed by atoms with van der Waals surface area (Å²) < 4.78 is 5.69. The Balaban J connectivity index is 2.38. The van der Waals surface area contributed by atoms with Gasteiger partial charge in [-0.15, -0.1) is 0 Å². The number of nitrogens with two attached hydrogens (primary N) is 1. The predicted molar refractivity (Wildman–Crippen MR) is 64.0 cm³/mol. The van der Waals surface area contributed by atoms with Crippen molar-refractivity contribution in [3.8, 4) is 0 Å². The standard InChI is InChI=1S/C12H18ClNO/c1-2-3-12(8-14)15-9-10-4-6-11(13)7-5-10/h4-7,12H,2-3,8-9,14H2,1H3. The first-order chi connectivity index (χ1) is 7.26. The Morgan fingerprint density at radius 2 is 2.00 bits per heavy atom. The van der Waals surface area contributed by atoms with E-state index in [2.05, 4.69) is 6.92 Å². The van der Waals surface area contributed by atoms with E-state index in [1.807, 2.05) is 24.3 Å². The van der Waals surface area contributed by atoms with Crippen molar-refractivity contribution >= 4 is 11.6 Å². The maximum absolute atomic E-state index is 5.79. The number of ether oxygens (including phenoxy) is 1. The van der Waals surface area contributed by atoms with Gasteiger partial charge in [-0.3, -0.25) is 0 Å². The number of halogens is 1. The van der Waals surface area contributed by atoms with Gasteiger partial charge in [0.2, 0.25) is 0 Å². The third kappa shape index (κ3) is 4.65. The smallest absolute Gasteiger partial charge is 0.0721 e. The molecule has 15 heavy (non-hydrogen) atoms. The highest BCUT2D eigenvalue weighted by Crippen LogP contribution is 2.11. The molecule has 1 rings (SSSR count). The fourth-order valence-electron chi connectivity index (χ4n) is 1.39. The molecule has 0 amide bonds. The van der Waals surface area contributed by atoms with Gasteiger partial charge in [0.15, 0.2) is 0 Å². The molecule has 1 aromatic rings. The van der Waals surface area contributed by atoms with Crippen LogP contribution in [0.2, 0.25) is 5.02 Å². The van der Waals surface area contributed by atoms with Crippen molar-refractivity contribution in [3.05, 3.63) is 34.9 Å². The number of hydrogen-bond acceptors (Lipinski definition) is 2. The van der Waals surface area contributed by atoms with E-state index in [1.165, 1.54) is 0 Å². The lowest BCUT2D eigenvalue weighted by molar-refractivity contribution is 0.0404. The van der Waals surface area contributed by atoms with Crippen LogP contribution in [0.5, 0.6) is 0 Å². The van der Waals surface area contributed by atoms with Gasteiger partial charge in [-0.25, -0.2) is 0 Å². The van der Waals surface area contributed by atoms with Crippen LogP contribution in [-0.2, 0) is 11.3 Å². The molecule has 0 saturated carbocycles. The highest BCUT2D eigenvalue weighted by molar-refractivity contribution is 6.30. The van der Waals surface area contributed by atoms with Crippen LogP contribution in [-0.4, -0.2) is 12.6 Å². The molecular formula is C12H18ClNO. The molecule has 0 saturated heterocycles. The van der Waals surface area contributed by atoms with Gasteiger partial charge in [0.1, 0.15) is 0 Å². The molecule has 0 heterocycles. The van der Waals surface area contributed by atoms with Gasteiger partial charge in [-0.05, 0) is 24.1 Å². The van der Waals surface area contributed by atoms with E-state index in [1.54, 1.807) is 0 Å². The van der Waals surface area contributed by atoms with Crippen LogP contribution in [0.4, 0.5) is 0 Å². The quantitative estimate of drug-likeness (QED) is 0.811. The van der Waals surface area contributed by atoms with Crippen LogP contribution in [0.1, 0.15) is 25.3 Å². The van der Waals surface area contributed by atoms with Gasteiger partial charge in [-0.2, -0.15) is 0 Å². The number of hydrogen-bond donors (Lipinski definition) is 1. The summed E-state index contributed by atoms with van der Waals surface area (Å²) in [6.07, 6.45) is 2.29. The number of rotatable bonds is 6. The van der Waals surface area contributed by atoms with Crippen LogP contribution < -0.4 is 5.73 Å². The molecule has 2 nitrogen and oxygen atoms in total. The van der Waals surface area contributed by atoms with Gasteiger partial charge in [0.05, 0.1) is 12.7 Å². The topological polar surface area (TPSA) is 35.2 Å². The molecule has 0 aliphatic rings. The Morgan fingerprint density at radius 1 is 1.33 bits per heavy atom. The maximum Gasteiger partial charge on any atom is 0.0721 e. The Labute approximate surface area is 96.4 Å². The zero-order chi connectivity index (χ0) is 11.1. The first kappa shape index (κ1) is 12.5. The minimum absolute atomic E-state index is 0.172. The normalized spacial score (nSPS) is 12.7. The largest absolute Gasteiger partial charge is 0.372 e. The van der Waals surface area contributed by atoms with Crippen molar-refractivity contribution in [2.45, 2.75) is 32.5 Å². The molecule has 1 unspecified atom stereocenters. The molecule has 0 radical (unpaired) electrons. The molecule has 2 N–H and O–H groups in total. The molecule has 0 fully saturated rings. The summed E-state index contributed by atoms with van der Waals surface area (Å²) in [5.41, 5.74) is 6.73. The Bertz CT molecular complexity index is 273. The molecule has 84 valence electrons. The zero-order valence-electron chi connectivity index (χ0n) is 9.08. The van der Waals surface area contributed by atoms with Crippen LogP contribution in [0.3, 0.4) is 0 Å². The van der Waals surface area contributed by atoms with E-state index in [9.17, 15) is 0 Å². The minimum atomic E-state index is 0.172. The first-order valence-electron chi connectivity index (χ1n) is 5.32. The van der Waals surface area contributed by atoms with Crippen molar-refractivity contribution in [2.75, 3.05) is 6.54 Å². The molecule has 0 spiro atoms. The summed E-state index contributed by atoms with van der Waals surface area (Å²) in [5.74, 6) is 0. The Morgan fingerprint density at radius 3 is 2.53 bits per heavy atom. The average Bonchev–Trinajstić information content (AvgIpc) is 2.26. The molecule has 0 bridgehead atoms. The molecule has 0 aliphatic heterocycles. The highest BCUT2D eigenvalue weighted by Gasteiger charge is 2.05. The minimum Gasteiger partial charge on any atom is -0.372 e. The summed E-state index contributed by atoms with van der Waals surface area (Å²) in [6, 6.07) is 7.69. The van der Waals surface area contributed by atoms with Crippen LogP contribution >= 0.6 is 11.6 Å². The third-order valence-electron chi connectivity index (χ3n) is 2.27. The SMILES string of the molecule is CCCC(CN)OCc1ccc(Cl)cc1. The van der Waals surface area contributed by atoms with Gasteiger partial charge < -0.3 is 10.5 Å². The molecule has 1 atom stereocenters. The lowest BCUT2D eigenvalue weighted by atomic mass is 10.2. The van der Waals surface area contributed by atoms with Crippen LogP contribution in [0, 0.1) is 0 Å². The summed E-state index contributed by atoms with van der Waals surface area (Å²) in [7, 11) is 0. The molecular weight excluding hydrogens is 210 g/mol. The summed E-state index contributed by atoms with van der Waals surface area (Å²) in [6.45, 7) is 3.33. The van der Waals surface area contributed by atoms with E-state index in [4.69, 9.17) is 22.1 Å². The maximum atomic E-state index is 5.79. The Hall–Kier alpha value is -0.570. The lowest BCUT2D eigenvalue weighted by Crippen LogP contribution is -2.23. The van der Waals surface area contributed by atoms with Crippen molar-refractivity contribution in [1.29, 1.82) is 0 Å². The summed E-state index contributed by atoms with van der Waals surface area (Å²) in [5, 5.41) is 0.752. The van der Waals surface area contributed by atoms with E-state index in [0.29, 0.717) is 13.2 Å². The van der Waals surface area contributed by atoms with Gasteiger partial charge in [0, 0.05) is 11.6 Å². The van der Waals surface area contributed by atoms with Gasteiger partial charge in [-0.1, -0.05) is 37.1 Å². The second-order valence-electron chi connectivity index (χ2n) is 3.58. The first-order valence-corrected chi connectivity index (χ1v) is 5.70. The van der Waals surface area contributed by atoms with Gasteiger partial charge in [0.25, 0.3) is 0 Å². The highest BCUT2D eigenvalue weighted by atomic mass is 35.5. The van der Waals surface area contributed by atoms with Gasteiger partial charge >= 0.3 is 0 Å². The number of benzene rings is 1. The Kier molecular flexibility index (Phi) is 5.69. The second kappa shape index (κ2) is 6.83. The molecule has 3 heteroatoms.